The van der Waals surface area contributed by atoms with Crippen LogP contribution in [0.2, 0.25) is 0 Å². The summed E-state index contributed by atoms with van der Waals surface area (Å²) in [5.74, 6) is 0. The highest BCUT2D eigenvalue weighted by molar-refractivity contribution is 6.54. The molecular formula is C17H19BF4O2. The van der Waals surface area contributed by atoms with Crippen LogP contribution in [-0.4, -0.2) is 24.5 Å². The van der Waals surface area contributed by atoms with E-state index in [4.69, 9.17) is 9.31 Å². The molecule has 0 radical (unpaired) electrons. The second kappa shape index (κ2) is 6.04. The Kier molecular flexibility index (Phi) is 4.72. The van der Waals surface area contributed by atoms with Gasteiger partial charge in [-0.05, 0) is 51.0 Å². The second-order valence-corrected chi connectivity index (χ2v) is 6.72. The molecule has 1 fully saturated rings. The van der Waals surface area contributed by atoms with Gasteiger partial charge in [-0.25, -0.2) is 4.39 Å². The molecule has 0 aliphatic carbocycles. The molecule has 1 aromatic carbocycles. The average molecular weight is 342 g/mol. The van der Waals surface area contributed by atoms with Crippen LogP contribution in [0.25, 0.3) is 11.6 Å². The van der Waals surface area contributed by atoms with Gasteiger partial charge in [0.15, 0.2) is 0 Å². The number of hydrogen-bond donors (Lipinski definition) is 0. The summed E-state index contributed by atoms with van der Waals surface area (Å²) < 4.78 is 63.7. The van der Waals surface area contributed by atoms with E-state index in [-0.39, 0.29) is 11.1 Å². The molecule has 1 saturated heterocycles. The van der Waals surface area contributed by atoms with E-state index in [1.54, 1.807) is 27.7 Å². The predicted octanol–water partition coefficient (Wildman–Crippen LogP) is 5.20. The summed E-state index contributed by atoms with van der Waals surface area (Å²) in [5.41, 5.74) is -2.93. The number of halogens is 4. The van der Waals surface area contributed by atoms with Crippen molar-refractivity contribution in [3.05, 3.63) is 47.7 Å². The van der Waals surface area contributed by atoms with Crippen LogP contribution in [0.5, 0.6) is 0 Å². The van der Waals surface area contributed by atoms with E-state index in [0.29, 0.717) is 0 Å². The van der Waals surface area contributed by atoms with Crippen molar-refractivity contribution in [3.8, 4) is 0 Å². The third kappa shape index (κ3) is 3.73. The number of benzene rings is 1. The zero-order valence-electron chi connectivity index (χ0n) is 14.0. The molecule has 2 nitrogen and oxygen atoms in total. The Hall–Kier alpha value is -1.60. The van der Waals surface area contributed by atoms with Crippen molar-refractivity contribution in [2.75, 3.05) is 0 Å². The Balaban J connectivity index is 2.25. The molecule has 7 heteroatoms. The molecule has 0 aromatic heterocycles. The molecule has 2 rings (SSSR count). The van der Waals surface area contributed by atoms with Gasteiger partial charge in [-0.2, -0.15) is 13.2 Å². The minimum atomic E-state index is -4.54. The lowest BCUT2D eigenvalue weighted by molar-refractivity contribution is -0.0686. The number of allylic oxidation sites excluding steroid dienone is 1. The molecule has 0 bridgehead atoms. The number of hydrogen-bond acceptors (Lipinski definition) is 2. The minimum absolute atomic E-state index is 0.113. The third-order valence-corrected chi connectivity index (χ3v) is 4.36. The van der Waals surface area contributed by atoms with E-state index in [9.17, 15) is 17.6 Å². The van der Waals surface area contributed by atoms with E-state index in [1.807, 2.05) is 0 Å². The number of alkyl halides is 3. The molecule has 0 N–H and O–H groups in total. The molecule has 1 heterocycles. The second-order valence-electron chi connectivity index (χ2n) is 6.72. The summed E-state index contributed by atoms with van der Waals surface area (Å²) in [5, 5.41) is 0. The first kappa shape index (κ1) is 18.7. The van der Waals surface area contributed by atoms with Gasteiger partial charge in [0, 0.05) is 0 Å². The van der Waals surface area contributed by atoms with Crippen molar-refractivity contribution >= 4 is 18.8 Å². The quantitative estimate of drug-likeness (QED) is 0.555. The molecule has 0 amide bonds. The molecule has 1 aliphatic rings. The molecule has 0 saturated carbocycles. The maximum Gasteiger partial charge on any atom is 0.525 e. The van der Waals surface area contributed by atoms with Crippen LogP contribution in [0.1, 0.15) is 38.8 Å². The minimum Gasteiger partial charge on any atom is -0.398 e. The van der Waals surface area contributed by atoms with Crippen molar-refractivity contribution in [1.29, 1.82) is 0 Å². The standard InChI is InChI=1S/C17H19BF4O2/c1-11(17(20,21)22)13-8-6-7-12(9-13)10-14(19)18-23-15(2,3)16(4,5)24-18/h6-10H,1H2,2-5H3. The molecule has 130 valence electrons. The van der Waals surface area contributed by atoms with Crippen molar-refractivity contribution in [3.63, 3.8) is 0 Å². The van der Waals surface area contributed by atoms with Crippen LogP contribution < -0.4 is 0 Å². The Morgan fingerprint density at radius 2 is 1.67 bits per heavy atom. The van der Waals surface area contributed by atoms with E-state index >= 15 is 0 Å². The monoisotopic (exact) mass is 342 g/mol. The van der Waals surface area contributed by atoms with Gasteiger partial charge in [-0.15, -0.1) is 0 Å². The lowest BCUT2D eigenvalue weighted by atomic mass is 9.86. The van der Waals surface area contributed by atoms with Gasteiger partial charge < -0.3 is 9.31 Å². The third-order valence-electron chi connectivity index (χ3n) is 4.36. The summed E-state index contributed by atoms with van der Waals surface area (Å²) in [6.45, 7) is 10.2. The van der Waals surface area contributed by atoms with Crippen molar-refractivity contribution in [2.24, 2.45) is 0 Å². The summed E-state index contributed by atoms with van der Waals surface area (Å²) in [7, 11) is -1.19. The van der Waals surface area contributed by atoms with Crippen LogP contribution in [-0.2, 0) is 9.31 Å². The fraction of sp³-hybridized carbons (Fsp3) is 0.412. The predicted molar refractivity (Wildman–Crippen MR) is 86.7 cm³/mol. The van der Waals surface area contributed by atoms with Gasteiger partial charge in [0.05, 0.1) is 16.8 Å². The van der Waals surface area contributed by atoms with Crippen LogP contribution in [0, 0.1) is 0 Å². The lowest BCUT2D eigenvalue weighted by Gasteiger charge is -2.32. The number of rotatable bonds is 3. The zero-order valence-corrected chi connectivity index (χ0v) is 14.0. The summed E-state index contributed by atoms with van der Waals surface area (Å²) in [4.78, 5) is 0. The van der Waals surface area contributed by atoms with Gasteiger partial charge in [0.25, 0.3) is 0 Å². The zero-order chi connectivity index (χ0) is 18.3. The topological polar surface area (TPSA) is 18.5 Å². The van der Waals surface area contributed by atoms with Crippen LogP contribution in [0.3, 0.4) is 0 Å². The molecular weight excluding hydrogens is 323 g/mol. The summed E-state index contributed by atoms with van der Waals surface area (Å²) >= 11 is 0. The van der Waals surface area contributed by atoms with E-state index in [2.05, 4.69) is 6.58 Å². The first-order chi connectivity index (χ1) is 10.8. The largest absolute Gasteiger partial charge is 0.525 e. The summed E-state index contributed by atoms with van der Waals surface area (Å²) in [6.07, 6.45) is -3.43. The Bertz CT molecular complexity index is 661. The highest BCUT2D eigenvalue weighted by Gasteiger charge is 2.53. The Morgan fingerprint density at radius 1 is 1.12 bits per heavy atom. The molecule has 0 atom stereocenters. The van der Waals surface area contributed by atoms with Crippen LogP contribution in [0.15, 0.2) is 36.6 Å². The maximum atomic E-state index is 14.4. The van der Waals surface area contributed by atoms with Crippen molar-refractivity contribution in [2.45, 2.75) is 45.1 Å². The molecule has 24 heavy (non-hydrogen) atoms. The first-order valence-corrected chi connectivity index (χ1v) is 7.43. The SMILES string of the molecule is C=C(c1cccc(C=C(F)B2OC(C)(C)C(C)(C)O2)c1)C(F)(F)F. The molecule has 0 spiro atoms. The first-order valence-electron chi connectivity index (χ1n) is 7.43. The maximum absolute atomic E-state index is 14.4. The molecule has 1 aromatic rings. The highest BCUT2D eigenvalue weighted by Crippen LogP contribution is 2.39. The Morgan fingerprint density at radius 3 is 2.17 bits per heavy atom. The van der Waals surface area contributed by atoms with E-state index in [1.165, 1.54) is 24.3 Å². The fourth-order valence-corrected chi connectivity index (χ4v) is 2.16. The highest BCUT2D eigenvalue weighted by atomic mass is 19.4. The Labute approximate surface area is 139 Å². The molecule has 1 aliphatic heterocycles. The lowest BCUT2D eigenvalue weighted by Crippen LogP contribution is -2.41. The van der Waals surface area contributed by atoms with Crippen LogP contribution >= 0.6 is 0 Å². The van der Waals surface area contributed by atoms with Crippen molar-refractivity contribution < 1.29 is 26.9 Å². The normalized spacial score (nSPS) is 20.3. The van der Waals surface area contributed by atoms with Gasteiger partial charge in [0.1, 0.15) is 5.73 Å². The van der Waals surface area contributed by atoms with Gasteiger partial charge >= 0.3 is 13.3 Å². The van der Waals surface area contributed by atoms with E-state index in [0.717, 1.165) is 6.08 Å². The molecule has 0 unspecified atom stereocenters. The van der Waals surface area contributed by atoms with Gasteiger partial charge in [-0.1, -0.05) is 24.8 Å². The van der Waals surface area contributed by atoms with Gasteiger partial charge in [0.2, 0.25) is 0 Å². The fourth-order valence-electron chi connectivity index (χ4n) is 2.16. The van der Waals surface area contributed by atoms with Gasteiger partial charge in [-0.3, -0.25) is 0 Å². The summed E-state index contributed by atoms with van der Waals surface area (Å²) in [6, 6.07) is 5.41. The smallest absolute Gasteiger partial charge is 0.398 e. The van der Waals surface area contributed by atoms with Crippen LogP contribution in [0.4, 0.5) is 17.6 Å². The van der Waals surface area contributed by atoms with Crippen molar-refractivity contribution in [1.82, 2.24) is 0 Å². The average Bonchev–Trinajstić information content (AvgIpc) is 2.66. The van der Waals surface area contributed by atoms with E-state index < -0.39 is 35.8 Å².